The molecule has 0 saturated heterocycles. The van der Waals surface area contributed by atoms with E-state index < -0.39 is 49.5 Å². The maximum absolute atomic E-state index is 12.7. The number of carbonyl (C=O) groups excluding carboxylic acids is 1. The number of hydrogen-bond acceptors (Lipinski definition) is 3. The molecule has 1 rings (SSSR count). The van der Waals surface area contributed by atoms with Crippen LogP contribution in [-0.2, 0) is 21.0 Å². The van der Waals surface area contributed by atoms with E-state index in [1.165, 1.54) is 13.8 Å². The third kappa shape index (κ3) is 4.34. The van der Waals surface area contributed by atoms with E-state index >= 15 is 0 Å². The topological polar surface area (TPSA) is 89.3 Å². The first-order valence-corrected chi connectivity index (χ1v) is 7.90. The molecule has 22 heavy (non-hydrogen) atoms. The first-order chi connectivity index (χ1) is 9.86. The fraction of sp³-hybridized carbons (Fsp3) is 0.417. The lowest BCUT2D eigenvalue weighted by molar-refractivity contribution is -0.137. The van der Waals surface area contributed by atoms with Crippen molar-refractivity contribution in [2.24, 2.45) is 11.7 Å². The lowest BCUT2D eigenvalue weighted by Gasteiger charge is -2.19. The van der Waals surface area contributed by atoms with Gasteiger partial charge in [0.25, 0.3) is 0 Å². The number of benzene rings is 1. The summed E-state index contributed by atoms with van der Waals surface area (Å²) in [6, 6.07) is 0.627. The molecule has 0 spiro atoms. The Morgan fingerprint density at radius 3 is 2.27 bits per heavy atom. The number of rotatable bonds is 5. The van der Waals surface area contributed by atoms with E-state index in [-0.39, 0.29) is 0 Å². The smallest absolute Gasteiger partial charge is 0.368 e. The Kier molecular flexibility index (Phi) is 5.47. The standard InChI is InChI=1S/C12H14ClF3N2O3S/c1-6(2)10(11(17)19)18-22(20,21)9-5-7(12(14,15)16)3-4-8(9)13/h3-6,10,18H,1-2H3,(H2,17,19). The third-order valence-corrected chi connectivity index (χ3v) is 4.73. The number of sulfonamides is 1. The molecule has 0 aliphatic carbocycles. The molecule has 0 saturated carbocycles. The molecule has 10 heteroatoms. The van der Waals surface area contributed by atoms with Gasteiger partial charge in [-0.15, -0.1) is 0 Å². The maximum Gasteiger partial charge on any atom is 0.416 e. The molecule has 1 atom stereocenters. The van der Waals surface area contributed by atoms with E-state index in [4.69, 9.17) is 17.3 Å². The highest BCUT2D eigenvalue weighted by Crippen LogP contribution is 2.33. The van der Waals surface area contributed by atoms with Crippen molar-refractivity contribution < 1.29 is 26.4 Å². The summed E-state index contributed by atoms with van der Waals surface area (Å²) in [6.45, 7) is 3.07. The summed E-state index contributed by atoms with van der Waals surface area (Å²) in [5.74, 6) is -1.43. The number of nitrogens with one attached hydrogen (secondary N) is 1. The average Bonchev–Trinajstić information content (AvgIpc) is 2.34. The number of hydrogen-bond donors (Lipinski definition) is 2. The van der Waals surface area contributed by atoms with Crippen LogP contribution in [0.5, 0.6) is 0 Å². The molecular formula is C12H14ClF3N2O3S. The van der Waals surface area contributed by atoms with Gasteiger partial charge in [-0.25, -0.2) is 8.42 Å². The van der Waals surface area contributed by atoms with Gasteiger partial charge in [0.15, 0.2) is 0 Å². The minimum atomic E-state index is -4.73. The molecule has 5 nitrogen and oxygen atoms in total. The molecule has 1 aromatic rings. The number of primary amides is 1. The Balaban J connectivity index is 3.31. The van der Waals surface area contributed by atoms with Gasteiger partial charge in [-0.3, -0.25) is 4.79 Å². The molecule has 0 heterocycles. The lowest BCUT2D eigenvalue weighted by Crippen LogP contribution is -2.47. The van der Waals surface area contributed by atoms with Crippen LogP contribution < -0.4 is 10.5 Å². The van der Waals surface area contributed by atoms with E-state index in [0.717, 1.165) is 6.07 Å². The fourth-order valence-electron chi connectivity index (χ4n) is 1.64. The van der Waals surface area contributed by atoms with Gasteiger partial charge in [0.2, 0.25) is 15.9 Å². The predicted molar refractivity (Wildman–Crippen MR) is 74.6 cm³/mol. The van der Waals surface area contributed by atoms with Crippen LogP contribution in [0.1, 0.15) is 19.4 Å². The SMILES string of the molecule is CC(C)C(NS(=O)(=O)c1cc(C(F)(F)F)ccc1Cl)C(N)=O. The van der Waals surface area contributed by atoms with Gasteiger partial charge < -0.3 is 5.73 Å². The van der Waals surface area contributed by atoms with Gasteiger partial charge in [-0.05, 0) is 24.1 Å². The van der Waals surface area contributed by atoms with Crippen LogP contribution in [0.25, 0.3) is 0 Å². The Morgan fingerprint density at radius 2 is 1.86 bits per heavy atom. The van der Waals surface area contributed by atoms with Gasteiger partial charge in [-0.2, -0.15) is 17.9 Å². The molecular weight excluding hydrogens is 345 g/mol. The first kappa shape index (κ1) is 18.7. The van der Waals surface area contributed by atoms with E-state index in [0.29, 0.717) is 12.1 Å². The summed E-state index contributed by atoms with van der Waals surface area (Å²) >= 11 is 5.67. The maximum atomic E-state index is 12.7. The zero-order chi connectivity index (χ0) is 17.3. The van der Waals surface area contributed by atoms with Crippen LogP contribution in [-0.4, -0.2) is 20.4 Å². The van der Waals surface area contributed by atoms with Crippen molar-refractivity contribution in [3.05, 3.63) is 28.8 Å². The summed E-state index contributed by atoms with van der Waals surface area (Å²) in [5, 5.41) is -0.396. The zero-order valence-electron chi connectivity index (χ0n) is 11.6. The molecule has 0 bridgehead atoms. The van der Waals surface area contributed by atoms with Crippen molar-refractivity contribution in [2.45, 2.75) is 31.0 Å². The summed E-state index contributed by atoms with van der Waals surface area (Å²) in [4.78, 5) is 10.5. The second kappa shape index (κ2) is 6.43. The highest BCUT2D eigenvalue weighted by molar-refractivity contribution is 7.89. The van der Waals surface area contributed by atoms with Crippen LogP contribution in [0.3, 0.4) is 0 Å². The van der Waals surface area contributed by atoms with E-state index in [2.05, 4.69) is 0 Å². The number of carbonyl (C=O) groups is 1. The summed E-state index contributed by atoms with van der Waals surface area (Å²) in [5.41, 5.74) is 3.91. The number of amides is 1. The molecule has 0 aromatic heterocycles. The van der Waals surface area contributed by atoms with E-state index in [1.54, 1.807) is 0 Å². The average molecular weight is 359 g/mol. The summed E-state index contributed by atoms with van der Waals surface area (Å²) < 4.78 is 64.4. The molecule has 1 aromatic carbocycles. The molecule has 1 amide bonds. The fourth-order valence-corrected chi connectivity index (χ4v) is 3.52. The second-order valence-electron chi connectivity index (χ2n) is 4.89. The van der Waals surface area contributed by atoms with Crippen molar-refractivity contribution in [1.82, 2.24) is 4.72 Å². The zero-order valence-corrected chi connectivity index (χ0v) is 13.2. The van der Waals surface area contributed by atoms with E-state index in [9.17, 15) is 26.4 Å². The Hall–Kier alpha value is -1.32. The normalized spacial score (nSPS) is 14.1. The molecule has 0 radical (unpaired) electrons. The Labute approximate surface area is 130 Å². The highest BCUT2D eigenvalue weighted by Gasteiger charge is 2.34. The molecule has 3 N–H and O–H groups in total. The van der Waals surface area contributed by atoms with Crippen LogP contribution in [0.15, 0.2) is 23.1 Å². The third-order valence-electron chi connectivity index (χ3n) is 2.80. The molecule has 124 valence electrons. The van der Waals surface area contributed by atoms with Gasteiger partial charge in [0.1, 0.15) is 10.9 Å². The van der Waals surface area contributed by atoms with Crippen molar-refractivity contribution in [3.63, 3.8) is 0 Å². The van der Waals surface area contributed by atoms with Crippen LogP contribution >= 0.6 is 11.6 Å². The lowest BCUT2D eigenvalue weighted by atomic mass is 10.1. The monoisotopic (exact) mass is 358 g/mol. The molecule has 0 fully saturated rings. The van der Waals surface area contributed by atoms with Crippen molar-refractivity contribution in [3.8, 4) is 0 Å². The molecule has 0 aliphatic heterocycles. The predicted octanol–water partition coefficient (Wildman–Crippen LogP) is 2.15. The van der Waals surface area contributed by atoms with Crippen LogP contribution in [0.4, 0.5) is 13.2 Å². The van der Waals surface area contributed by atoms with Crippen LogP contribution in [0, 0.1) is 5.92 Å². The summed E-state index contributed by atoms with van der Waals surface area (Å²) in [6.07, 6.45) is -4.73. The Bertz CT molecular complexity index is 675. The van der Waals surface area contributed by atoms with Crippen molar-refractivity contribution >= 4 is 27.5 Å². The highest BCUT2D eigenvalue weighted by atomic mass is 35.5. The second-order valence-corrected chi connectivity index (χ2v) is 6.98. The summed E-state index contributed by atoms with van der Waals surface area (Å²) in [7, 11) is -4.45. The largest absolute Gasteiger partial charge is 0.416 e. The molecule has 0 aliphatic rings. The van der Waals surface area contributed by atoms with E-state index in [1.807, 2.05) is 4.72 Å². The van der Waals surface area contributed by atoms with Crippen LogP contribution in [0.2, 0.25) is 5.02 Å². The van der Waals surface area contributed by atoms with Gasteiger partial charge in [-0.1, -0.05) is 25.4 Å². The number of halogens is 4. The minimum Gasteiger partial charge on any atom is -0.368 e. The molecule has 1 unspecified atom stereocenters. The Morgan fingerprint density at radius 1 is 1.32 bits per heavy atom. The first-order valence-electron chi connectivity index (χ1n) is 6.04. The van der Waals surface area contributed by atoms with Gasteiger partial charge >= 0.3 is 6.18 Å². The number of alkyl halides is 3. The minimum absolute atomic E-state index is 0.396. The van der Waals surface area contributed by atoms with Gasteiger partial charge in [0, 0.05) is 0 Å². The number of nitrogens with two attached hydrogens (primary N) is 1. The van der Waals surface area contributed by atoms with Crippen molar-refractivity contribution in [2.75, 3.05) is 0 Å². The quantitative estimate of drug-likeness (QED) is 0.845. The van der Waals surface area contributed by atoms with Gasteiger partial charge in [0.05, 0.1) is 10.6 Å². The van der Waals surface area contributed by atoms with Crippen molar-refractivity contribution in [1.29, 1.82) is 0 Å².